The van der Waals surface area contributed by atoms with E-state index in [9.17, 15) is 9.18 Å². The highest BCUT2D eigenvalue weighted by molar-refractivity contribution is 5.76. The number of nitrogens with zero attached hydrogens (tertiary/aromatic N) is 1. The first-order chi connectivity index (χ1) is 10.6. The van der Waals surface area contributed by atoms with Crippen molar-refractivity contribution in [2.45, 2.75) is 32.6 Å². The van der Waals surface area contributed by atoms with Crippen molar-refractivity contribution in [3.63, 3.8) is 0 Å². The van der Waals surface area contributed by atoms with E-state index in [1.165, 1.54) is 12.1 Å². The third-order valence-electron chi connectivity index (χ3n) is 4.48. The van der Waals surface area contributed by atoms with E-state index in [4.69, 9.17) is 0 Å². The Morgan fingerprint density at radius 3 is 2.55 bits per heavy atom. The van der Waals surface area contributed by atoms with Crippen LogP contribution in [-0.4, -0.2) is 37.5 Å². The van der Waals surface area contributed by atoms with E-state index < -0.39 is 0 Å². The van der Waals surface area contributed by atoms with Crippen LogP contribution in [0.1, 0.15) is 31.7 Å². The molecule has 0 aliphatic carbocycles. The summed E-state index contributed by atoms with van der Waals surface area (Å²) in [5.74, 6) is 1.04. The minimum atomic E-state index is -0.211. The van der Waals surface area contributed by atoms with E-state index in [1.807, 2.05) is 11.9 Å². The fourth-order valence-electron chi connectivity index (χ4n) is 3.20. The van der Waals surface area contributed by atoms with Gasteiger partial charge < -0.3 is 10.2 Å². The monoisotopic (exact) mass is 306 g/mol. The van der Waals surface area contributed by atoms with Gasteiger partial charge in [0, 0.05) is 19.5 Å². The van der Waals surface area contributed by atoms with Gasteiger partial charge in [0.2, 0.25) is 5.91 Å². The largest absolute Gasteiger partial charge is 0.343 e. The number of benzene rings is 1. The molecule has 1 N–H and O–H groups in total. The highest BCUT2D eigenvalue weighted by Crippen LogP contribution is 2.19. The minimum absolute atomic E-state index is 0.211. The van der Waals surface area contributed by atoms with Crippen molar-refractivity contribution in [3.8, 4) is 0 Å². The lowest BCUT2D eigenvalue weighted by Gasteiger charge is -2.32. The van der Waals surface area contributed by atoms with Crippen LogP contribution in [0.5, 0.6) is 0 Å². The quantitative estimate of drug-likeness (QED) is 0.876. The van der Waals surface area contributed by atoms with Gasteiger partial charge >= 0.3 is 0 Å². The second kappa shape index (κ2) is 8.28. The van der Waals surface area contributed by atoms with Gasteiger partial charge in [-0.25, -0.2) is 4.39 Å². The molecule has 0 radical (unpaired) electrons. The van der Waals surface area contributed by atoms with Gasteiger partial charge in [0.05, 0.1) is 0 Å². The average molecular weight is 306 g/mol. The Balaban J connectivity index is 1.75. The molecule has 1 aromatic carbocycles. The lowest BCUT2D eigenvalue weighted by Crippen LogP contribution is -2.41. The predicted octanol–water partition coefficient (Wildman–Crippen LogP) is 2.85. The molecular weight excluding hydrogens is 279 g/mol. The number of hydrogen-bond donors (Lipinski definition) is 1. The van der Waals surface area contributed by atoms with Crippen LogP contribution >= 0.6 is 0 Å². The molecule has 2 rings (SSSR count). The first-order valence-corrected chi connectivity index (χ1v) is 8.25. The predicted molar refractivity (Wildman–Crippen MR) is 87.1 cm³/mol. The zero-order valence-electron chi connectivity index (χ0n) is 13.6. The summed E-state index contributed by atoms with van der Waals surface area (Å²) in [5, 5.41) is 3.21. The van der Waals surface area contributed by atoms with E-state index in [2.05, 4.69) is 12.2 Å². The maximum absolute atomic E-state index is 12.9. The van der Waals surface area contributed by atoms with Crippen molar-refractivity contribution < 1.29 is 9.18 Å². The van der Waals surface area contributed by atoms with Crippen molar-refractivity contribution in [2.75, 3.05) is 26.7 Å². The van der Waals surface area contributed by atoms with E-state index in [0.29, 0.717) is 12.3 Å². The Kier molecular flexibility index (Phi) is 6.37. The molecule has 0 saturated carbocycles. The number of carbonyl (C=O) groups excluding carboxylic acids is 1. The third-order valence-corrected chi connectivity index (χ3v) is 4.48. The Morgan fingerprint density at radius 2 is 1.95 bits per heavy atom. The second-order valence-corrected chi connectivity index (χ2v) is 6.52. The molecule has 4 heteroatoms. The molecule has 1 unspecified atom stereocenters. The first kappa shape index (κ1) is 16.9. The number of rotatable bonds is 6. The summed E-state index contributed by atoms with van der Waals surface area (Å²) in [6, 6.07) is 6.58. The number of nitrogens with one attached hydrogen (secondary N) is 1. The number of amides is 1. The molecule has 0 bridgehead atoms. The minimum Gasteiger partial charge on any atom is -0.343 e. The number of carbonyl (C=O) groups is 1. The zero-order chi connectivity index (χ0) is 15.9. The SMILES string of the molecule is CNCC1CCN(C(=O)CC(C)Cc2ccc(F)cc2)CC1. The van der Waals surface area contributed by atoms with Crippen LogP contribution in [0.4, 0.5) is 4.39 Å². The maximum atomic E-state index is 12.9. The first-order valence-electron chi connectivity index (χ1n) is 8.25. The molecule has 1 atom stereocenters. The fourth-order valence-corrected chi connectivity index (χ4v) is 3.20. The van der Waals surface area contributed by atoms with Crippen LogP contribution in [-0.2, 0) is 11.2 Å². The molecule has 1 aliphatic rings. The van der Waals surface area contributed by atoms with Gasteiger partial charge in [0.25, 0.3) is 0 Å². The Morgan fingerprint density at radius 1 is 1.32 bits per heavy atom. The fraction of sp³-hybridized carbons (Fsp3) is 0.611. The molecule has 0 spiro atoms. The lowest BCUT2D eigenvalue weighted by molar-refractivity contribution is -0.133. The summed E-state index contributed by atoms with van der Waals surface area (Å²) in [6.07, 6.45) is 3.59. The van der Waals surface area contributed by atoms with Crippen LogP contribution in [0.15, 0.2) is 24.3 Å². The van der Waals surface area contributed by atoms with Gasteiger partial charge in [-0.2, -0.15) is 0 Å². The van der Waals surface area contributed by atoms with Crippen LogP contribution in [0.3, 0.4) is 0 Å². The summed E-state index contributed by atoms with van der Waals surface area (Å²) < 4.78 is 12.9. The zero-order valence-corrected chi connectivity index (χ0v) is 13.6. The highest BCUT2D eigenvalue weighted by atomic mass is 19.1. The van der Waals surface area contributed by atoms with E-state index in [0.717, 1.165) is 44.5 Å². The van der Waals surface area contributed by atoms with Crippen molar-refractivity contribution in [1.29, 1.82) is 0 Å². The average Bonchev–Trinajstić information content (AvgIpc) is 2.50. The molecule has 1 fully saturated rings. The summed E-state index contributed by atoms with van der Waals surface area (Å²) in [6.45, 7) is 4.90. The van der Waals surface area contributed by atoms with Crippen molar-refractivity contribution in [2.24, 2.45) is 11.8 Å². The van der Waals surface area contributed by atoms with Crippen LogP contribution in [0, 0.1) is 17.7 Å². The maximum Gasteiger partial charge on any atom is 0.222 e. The van der Waals surface area contributed by atoms with Gasteiger partial charge in [-0.15, -0.1) is 0 Å². The standard InChI is InChI=1S/C18H27FN2O/c1-14(11-15-3-5-17(19)6-4-15)12-18(22)21-9-7-16(8-10-21)13-20-2/h3-6,14,16,20H,7-13H2,1-2H3. The Hall–Kier alpha value is -1.42. The highest BCUT2D eigenvalue weighted by Gasteiger charge is 2.23. The molecule has 1 aliphatic heterocycles. The molecule has 1 amide bonds. The van der Waals surface area contributed by atoms with Crippen LogP contribution in [0.2, 0.25) is 0 Å². The topological polar surface area (TPSA) is 32.3 Å². The molecule has 0 aromatic heterocycles. The van der Waals surface area contributed by atoms with Gasteiger partial charge in [-0.1, -0.05) is 19.1 Å². The summed E-state index contributed by atoms with van der Waals surface area (Å²) in [5.41, 5.74) is 1.09. The van der Waals surface area contributed by atoms with Crippen molar-refractivity contribution >= 4 is 5.91 Å². The smallest absolute Gasteiger partial charge is 0.222 e. The van der Waals surface area contributed by atoms with Crippen molar-refractivity contribution in [3.05, 3.63) is 35.6 Å². The summed E-state index contributed by atoms with van der Waals surface area (Å²) in [7, 11) is 1.98. The van der Waals surface area contributed by atoms with Crippen LogP contribution in [0.25, 0.3) is 0 Å². The molecule has 22 heavy (non-hydrogen) atoms. The lowest BCUT2D eigenvalue weighted by atomic mass is 9.94. The van der Waals surface area contributed by atoms with Crippen LogP contribution < -0.4 is 5.32 Å². The van der Waals surface area contributed by atoms with E-state index in [1.54, 1.807) is 12.1 Å². The van der Waals surface area contributed by atoms with Gasteiger partial charge in [0.15, 0.2) is 0 Å². The van der Waals surface area contributed by atoms with Gasteiger partial charge in [-0.05, 0) is 62.4 Å². The van der Waals surface area contributed by atoms with E-state index in [-0.39, 0.29) is 17.6 Å². The summed E-state index contributed by atoms with van der Waals surface area (Å²) in [4.78, 5) is 14.4. The number of hydrogen-bond acceptors (Lipinski definition) is 2. The molecule has 1 heterocycles. The number of halogens is 1. The molecule has 3 nitrogen and oxygen atoms in total. The molecular formula is C18H27FN2O. The number of likely N-dealkylation sites (tertiary alicyclic amines) is 1. The Labute approximate surface area is 132 Å². The Bertz CT molecular complexity index is 466. The molecule has 1 aromatic rings. The normalized spacial score (nSPS) is 17.5. The molecule has 122 valence electrons. The number of piperidine rings is 1. The summed E-state index contributed by atoms with van der Waals surface area (Å²) >= 11 is 0. The third kappa shape index (κ3) is 5.09. The van der Waals surface area contributed by atoms with Gasteiger partial charge in [-0.3, -0.25) is 4.79 Å². The second-order valence-electron chi connectivity index (χ2n) is 6.52. The van der Waals surface area contributed by atoms with E-state index >= 15 is 0 Å². The molecule has 1 saturated heterocycles. The van der Waals surface area contributed by atoms with Crippen molar-refractivity contribution in [1.82, 2.24) is 10.2 Å². The van der Waals surface area contributed by atoms with Gasteiger partial charge in [0.1, 0.15) is 5.82 Å².